The molecule has 0 aliphatic heterocycles. The molecule has 5 heteroatoms. The van der Waals surface area contributed by atoms with E-state index in [0.29, 0.717) is 30.4 Å². The van der Waals surface area contributed by atoms with Gasteiger partial charge in [-0.05, 0) is 37.8 Å². The van der Waals surface area contributed by atoms with Gasteiger partial charge in [-0.3, -0.25) is 4.79 Å². The molecule has 1 fully saturated rings. The van der Waals surface area contributed by atoms with Gasteiger partial charge in [-0.15, -0.1) is 0 Å². The largest absolute Gasteiger partial charge is 0.294 e. The molecule has 1 aromatic carbocycles. The molecule has 2 atom stereocenters. The Hall–Kier alpha value is -1.23. The summed E-state index contributed by atoms with van der Waals surface area (Å²) in [5, 5.41) is -0.444. The van der Waals surface area contributed by atoms with Crippen molar-refractivity contribution in [1.82, 2.24) is 0 Å². The summed E-state index contributed by atoms with van der Waals surface area (Å²) in [6, 6.07) is 4.45. The number of sulfone groups is 1. The molecule has 0 aromatic heterocycles. The molecule has 2 rings (SSSR count). The van der Waals surface area contributed by atoms with E-state index in [2.05, 4.69) is 0 Å². The molecular weight excluding hydrogens is 279 g/mol. The van der Waals surface area contributed by atoms with Gasteiger partial charge < -0.3 is 0 Å². The number of carbonyl (C=O) groups excluding carboxylic acids is 1. The van der Waals surface area contributed by atoms with E-state index in [4.69, 9.17) is 0 Å². The quantitative estimate of drug-likeness (QED) is 0.806. The van der Waals surface area contributed by atoms with Crippen molar-refractivity contribution in [3.05, 3.63) is 35.1 Å². The number of halogens is 1. The highest BCUT2D eigenvalue weighted by Crippen LogP contribution is 2.31. The molecule has 0 radical (unpaired) electrons. The zero-order valence-electron chi connectivity index (χ0n) is 11.7. The van der Waals surface area contributed by atoms with Crippen molar-refractivity contribution < 1.29 is 17.6 Å². The summed E-state index contributed by atoms with van der Waals surface area (Å²) in [7, 11) is -3.12. The van der Waals surface area contributed by atoms with Gasteiger partial charge in [-0.1, -0.05) is 18.6 Å². The van der Waals surface area contributed by atoms with Crippen LogP contribution in [-0.4, -0.2) is 25.7 Å². The summed E-state index contributed by atoms with van der Waals surface area (Å²) < 4.78 is 36.8. The molecule has 0 amide bonds. The van der Waals surface area contributed by atoms with Crippen molar-refractivity contribution in [3.63, 3.8) is 0 Å². The van der Waals surface area contributed by atoms with Crippen molar-refractivity contribution in [2.24, 2.45) is 5.92 Å². The van der Waals surface area contributed by atoms with Gasteiger partial charge in [0.05, 0.1) is 5.25 Å². The van der Waals surface area contributed by atoms with Crippen LogP contribution in [0.15, 0.2) is 18.2 Å². The highest BCUT2D eigenvalue weighted by Gasteiger charge is 2.32. The van der Waals surface area contributed by atoms with Crippen molar-refractivity contribution in [2.75, 3.05) is 6.26 Å². The maximum atomic E-state index is 13.5. The zero-order valence-corrected chi connectivity index (χ0v) is 12.5. The van der Waals surface area contributed by atoms with E-state index >= 15 is 0 Å². The van der Waals surface area contributed by atoms with Crippen LogP contribution in [0.25, 0.3) is 0 Å². The van der Waals surface area contributed by atoms with Crippen LogP contribution in [0.3, 0.4) is 0 Å². The Kier molecular flexibility index (Phi) is 4.28. The molecule has 0 spiro atoms. The Morgan fingerprint density at radius 1 is 1.30 bits per heavy atom. The molecule has 1 aromatic rings. The second-order valence-electron chi connectivity index (χ2n) is 5.64. The van der Waals surface area contributed by atoms with Gasteiger partial charge >= 0.3 is 0 Å². The fourth-order valence-corrected chi connectivity index (χ4v) is 3.93. The first-order chi connectivity index (χ1) is 9.29. The minimum atomic E-state index is -3.12. The maximum absolute atomic E-state index is 13.5. The van der Waals surface area contributed by atoms with Crippen molar-refractivity contribution >= 4 is 15.6 Å². The fraction of sp³-hybridized carbons (Fsp3) is 0.533. The minimum absolute atomic E-state index is 0.141. The molecule has 110 valence electrons. The summed E-state index contributed by atoms with van der Waals surface area (Å²) in [5.74, 6) is -0.853. The van der Waals surface area contributed by atoms with Crippen LogP contribution in [-0.2, 0) is 9.84 Å². The molecule has 0 heterocycles. The van der Waals surface area contributed by atoms with E-state index in [1.165, 1.54) is 12.3 Å². The summed E-state index contributed by atoms with van der Waals surface area (Å²) in [4.78, 5) is 12.4. The van der Waals surface area contributed by atoms with E-state index in [9.17, 15) is 17.6 Å². The van der Waals surface area contributed by atoms with Crippen LogP contribution in [0.1, 0.15) is 41.6 Å². The number of benzene rings is 1. The molecule has 0 N–H and O–H groups in total. The van der Waals surface area contributed by atoms with Crippen molar-refractivity contribution in [2.45, 2.75) is 37.9 Å². The van der Waals surface area contributed by atoms with Crippen molar-refractivity contribution in [1.29, 1.82) is 0 Å². The topological polar surface area (TPSA) is 51.2 Å². The van der Waals surface area contributed by atoms with Crippen LogP contribution in [0, 0.1) is 18.7 Å². The van der Waals surface area contributed by atoms with Crippen LogP contribution >= 0.6 is 0 Å². The van der Waals surface area contributed by atoms with Gasteiger partial charge in [0.25, 0.3) is 0 Å². The Balaban J connectivity index is 2.18. The number of aryl methyl sites for hydroxylation is 1. The fourth-order valence-electron chi connectivity index (χ4n) is 2.75. The summed E-state index contributed by atoms with van der Waals surface area (Å²) in [6.45, 7) is 1.64. The second kappa shape index (κ2) is 5.64. The van der Waals surface area contributed by atoms with Gasteiger partial charge in [0.1, 0.15) is 15.7 Å². The monoisotopic (exact) mass is 298 g/mol. The van der Waals surface area contributed by atoms with E-state index < -0.39 is 20.9 Å². The van der Waals surface area contributed by atoms with Gasteiger partial charge in [0, 0.05) is 17.7 Å². The zero-order chi connectivity index (χ0) is 14.9. The molecule has 0 bridgehead atoms. The highest BCUT2D eigenvalue weighted by molar-refractivity contribution is 7.91. The van der Waals surface area contributed by atoms with Crippen LogP contribution < -0.4 is 0 Å². The number of hydrogen-bond acceptors (Lipinski definition) is 3. The first-order valence-electron chi connectivity index (χ1n) is 6.78. The van der Waals surface area contributed by atoms with Crippen LogP contribution in [0.5, 0.6) is 0 Å². The normalized spacial score (nSPS) is 23.6. The first-order valence-corrected chi connectivity index (χ1v) is 8.73. The average molecular weight is 298 g/mol. The molecule has 2 unspecified atom stereocenters. The Morgan fingerprint density at radius 2 is 2.00 bits per heavy atom. The van der Waals surface area contributed by atoms with E-state index in [-0.39, 0.29) is 11.7 Å². The lowest BCUT2D eigenvalue weighted by molar-refractivity contribution is 0.0890. The molecule has 1 saturated carbocycles. The molecule has 1 aliphatic carbocycles. The Labute approximate surface area is 119 Å². The number of rotatable bonds is 3. The first kappa shape index (κ1) is 15.2. The highest BCUT2D eigenvalue weighted by atomic mass is 32.2. The predicted octanol–water partition coefficient (Wildman–Crippen LogP) is 2.92. The maximum Gasteiger partial charge on any atom is 0.166 e. The van der Waals surface area contributed by atoms with Gasteiger partial charge in [0.2, 0.25) is 0 Å². The average Bonchev–Trinajstić information content (AvgIpc) is 2.40. The van der Waals surface area contributed by atoms with E-state index in [1.54, 1.807) is 19.1 Å². The SMILES string of the molecule is Cc1ccc(C(=O)C2CCCC(S(C)(=O)=O)C2)cc1F. The number of Topliss-reactive ketones (excluding diaryl/α,β-unsaturated/α-hetero) is 1. The number of hydrogen-bond donors (Lipinski definition) is 0. The lowest BCUT2D eigenvalue weighted by Crippen LogP contribution is -2.31. The lowest BCUT2D eigenvalue weighted by atomic mass is 9.83. The third-order valence-corrected chi connectivity index (χ3v) is 5.70. The third-order valence-electron chi connectivity index (χ3n) is 4.06. The summed E-state index contributed by atoms with van der Waals surface area (Å²) in [5.41, 5.74) is 0.839. The minimum Gasteiger partial charge on any atom is -0.294 e. The van der Waals surface area contributed by atoms with Crippen LogP contribution in [0.4, 0.5) is 4.39 Å². The molecule has 0 saturated heterocycles. The standard InChI is InChI=1S/C15H19FO3S/c1-10-6-7-12(9-14(10)16)15(17)11-4-3-5-13(8-11)20(2,18)19/h6-7,9,11,13H,3-5,8H2,1-2H3. The lowest BCUT2D eigenvalue weighted by Gasteiger charge is -2.27. The Morgan fingerprint density at radius 3 is 2.60 bits per heavy atom. The third kappa shape index (κ3) is 3.26. The second-order valence-corrected chi connectivity index (χ2v) is 7.97. The van der Waals surface area contributed by atoms with E-state index in [1.807, 2.05) is 0 Å². The van der Waals surface area contributed by atoms with Crippen LogP contribution in [0.2, 0.25) is 0 Å². The summed E-state index contributed by atoms with van der Waals surface area (Å²) in [6.07, 6.45) is 3.59. The molecule has 3 nitrogen and oxygen atoms in total. The van der Waals surface area contributed by atoms with Gasteiger partial charge in [0.15, 0.2) is 5.78 Å². The molecular formula is C15H19FO3S. The number of ketones is 1. The summed E-state index contributed by atoms with van der Waals surface area (Å²) >= 11 is 0. The molecule has 1 aliphatic rings. The molecule has 20 heavy (non-hydrogen) atoms. The number of carbonyl (C=O) groups is 1. The van der Waals surface area contributed by atoms with Gasteiger partial charge in [-0.2, -0.15) is 0 Å². The van der Waals surface area contributed by atoms with Gasteiger partial charge in [-0.25, -0.2) is 12.8 Å². The van der Waals surface area contributed by atoms with E-state index in [0.717, 1.165) is 6.42 Å². The Bertz CT molecular complexity index is 622. The predicted molar refractivity (Wildman–Crippen MR) is 76.1 cm³/mol. The smallest absolute Gasteiger partial charge is 0.166 e. The van der Waals surface area contributed by atoms with Crippen molar-refractivity contribution in [3.8, 4) is 0 Å².